The number of hydrogen-bond acceptors (Lipinski definition) is 3. The van der Waals surface area contributed by atoms with E-state index in [0.717, 1.165) is 32.4 Å². The number of pyridine rings is 1. The first-order chi connectivity index (χ1) is 9.58. The van der Waals surface area contributed by atoms with Crippen LogP contribution in [0.25, 0.3) is 0 Å². The van der Waals surface area contributed by atoms with Crippen LogP contribution in [0.3, 0.4) is 0 Å². The number of piperidine rings is 1. The van der Waals surface area contributed by atoms with E-state index in [4.69, 9.17) is 0 Å². The molecule has 1 aliphatic rings. The molecule has 1 atom stereocenters. The highest BCUT2D eigenvalue weighted by atomic mass is 16.2. The zero-order chi connectivity index (χ0) is 14.5. The lowest BCUT2D eigenvalue weighted by Gasteiger charge is -2.29. The van der Waals surface area contributed by atoms with Gasteiger partial charge in [0.25, 0.3) is 5.91 Å². The number of aromatic nitrogens is 1. The van der Waals surface area contributed by atoms with E-state index in [2.05, 4.69) is 10.3 Å². The van der Waals surface area contributed by atoms with Crippen molar-refractivity contribution in [3.8, 4) is 0 Å². The molecule has 1 unspecified atom stereocenters. The smallest absolute Gasteiger partial charge is 0.252 e. The highest BCUT2D eigenvalue weighted by molar-refractivity contribution is 5.97. The Balaban J connectivity index is 1.96. The summed E-state index contributed by atoms with van der Waals surface area (Å²) in [7, 11) is 0. The number of carbonyl (C=O) groups excluding carboxylic acids is 2. The average molecular weight is 277 g/mol. The number of rotatable bonds is 3. The summed E-state index contributed by atoms with van der Waals surface area (Å²) in [4.78, 5) is 39.5. The second-order valence-electron chi connectivity index (χ2n) is 5.02. The van der Waals surface area contributed by atoms with Crippen LogP contribution in [-0.2, 0) is 4.79 Å². The first-order valence-electron chi connectivity index (χ1n) is 6.86. The Hall–Kier alpha value is -2.11. The van der Waals surface area contributed by atoms with Gasteiger partial charge in [0.15, 0.2) is 0 Å². The van der Waals surface area contributed by atoms with Gasteiger partial charge in [-0.25, -0.2) is 0 Å². The monoisotopic (exact) mass is 277 g/mol. The van der Waals surface area contributed by atoms with Crippen molar-refractivity contribution in [2.75, 3.05) is 13.1 Å². The number of likely N-dealkylation sites (tertiary alicyclic amines) is 1. The van der Waals surface area contributed by atoms with Crippen LogP contribution in [0, 0.1) is 0 Å². The molecule has 2 rings (SSSR count). The lowest BCUT2D eigenvalue weighted by molar-refractivity contribution is -0.133. The molecule has 0 aromatic carbocycles. The van der Waals surface area contributed by atoms with Gasteiger partial charge in [-0.2, -0.15) is 0 Å². The molecule has 0 aliphatic carbocycles. The third-order valence-corrected chi connectivity index (χ3v) is 3.42. The summed E-state index contributed by atoms with van der Waals surface area (Å²) in [6, 6.07) is 2.14. The van der Waals surface area contributed by atoms with Gasteiger partial charge in [-0.1, -0.05) is 0 Å². The fraction of sp³-hybridized carbons (Fsp3) is 0.500. The van der Waals surface area contributed by atoms with Crippen molar-refractivity contribution in [3.05, 3.63) is 34.2 Å². The maximum Gasteiger partial charge on any atom is 0.252 e. The van der Waals surface area contributed by atoms with Crippen LogP contribution in [0.2, 0.25) is 0 Å². The van der Waals surface area contributed by atoms with Crippen molar-refractivity contribution in [1.29, 1.82) is 0 Å². The zero-order valence-corrected chi connectivity index (χ0v) is 11.5. The molecule has 2 heterocycles. The molecule has 0 spiro atoms. The van der Waals surface area contributed by atoms with Crippen molar-refractivity contribution in [1.82, 2.24) is 15.2 Å². The number of carbonyl (C=O) groups is 2. The molecule has 1 fully saturated rings. The maximum absolute atomic E-state index is 12.2. The van der Waals surface area contributed by atoms with Crippen molar-refractivity contribution in [2.24, 2.45) is 0 Å². The summed E-state index contributed by atoms with van der Waals surface area (Å²) < 4.78 is 0. The normalized spacial score (nSPS) is 16.6. The van der Waals surface area contributed by atoms with Crippen LogP contribution in [0.4, 0.5) is 0 Å². The number of hydrogen-bond donors (Lipinski definition) is 2. The van der Waals surface area contributed by atoms with Gasteiger partial charge in [-0.3, -0.25) is 14.4 Å². The van der Waals surface area contributed by atoms with E-state index < -0.39 is 11.9 Å². The van der Waals surface area contributed by atoms with Gasteiger partial charge >= 0.3 is 0 Å². The lowest BCUT2D eigenvalue weighted by Crippen LogP contribution is -2.48. The predicted molar refractivity (Wildman–Crippen MR) is 74.4 cm³/mol. The summed E-state index contributed by atoms with van der Waals surface area (Å²) >= 11 is 0. The minimum Gasteiger partial charge on any atom is -0.341 e. The van der Waals surface area contributed by atoms with E-state index in [-0.39, 0.29) is 17.0 Å². The van der Waals surface area contributed by atoms with Gasteiger partial charge in [0.1, 0.15) is 6.04 Å². The summed E-state index contributed by atoms with van der Waals surface area (Å²) in [6.07, 6.45) is 4.59. The van der Waals surface area contributed by atoms with Gasteiger partial charge < -0.3 is 15.2 Å². The standard InChI is InChI=1S/C14H19N3O3/c1-10(14(20)17-7-3-2-4-8-17)16-13(19)11-5-6-15-12(18)9-11/h5-6,9-10H,2-4,7-8H2,1H3,(H,15,18)(H,16,19). The van der Waals surface area contributed by atoms with Crippen LogP contribution in [0.5, 0.6) is 0 Å². The van der Waals surface area contributed by atoms with E-state index in [1.807, 2.05) is 0 Å². The number of nitrogens with zero attached hydrogens (tertiary/aromatic N) is 1. The minimum atomic E-state index is -0.583. The third-order valence-electron chi connectivity index (χ3n) is 3.42. The van der Waals surface area contributed by atoms with Crippen LogP contribution < -0.4 is 10.9 Å². The van der Waals surface area contributed by atoms with E-state index in [9.17, 15) is 14.4 Å². The van der Waals surface area contributed by atoms with E-state index in [1.165, 1.54) is 18.3 Å². The van der Waals surface area contributed by atoms with E-state index >= 15 is 0 Å². The van der Waals surface area contributed by atoms with Crippen LogP contribution in [0.15, 0.2) is 23.1 Å². The largest absolute Gasteiger partial charge is 0.341 e. The minimum absolute atomic E-state index is 0.0668. The van der Waals surface area contributed by atoms with Gasteiger partial charge in [-0.15, -0.1) is 0 Å². The zero-order valence-electron chi connectivity index (χ0n) is 11.5. The molecule has 1 aromatic rings. The lowest BCUT2D eigenvalue weighted by atomic mass is 10.1. The number of H-pyrrole nitrogens is 1. The van der Waals surface area contributed by atoms with E-state index in [0.29, 0.717) is 0 Å². The molecule has 6 heteroatoms. The molecule has 1 saturated heterocycles. The van der Waals surface area contributed by atoms with Gasteiger partial charge in [0.05, 0.1) is 0 Å². The number of amides is 2. The quantitative estimate of drug-likeness (QED) is 0.844. The molecule has 0 saturated carbocycles. The van der Waals surface area contributed by atoms with Crippen LogP contribution in [0.1, 0.15) is 36.5 Å². The summed E-state index contributed by atoms with van der Waals surface area (Å²) in [5.41, 5.74) is -0.0836. The van der Waals surface area contributed by atoms with E-state index in [1.54, 1.807) is 11.8 Å². The third kappa shape index (κ3) is 3.46. The topological polar surface area (TPSA) is 82.3 Å². The second kappa shape index (κ2) is 6.36. The fourth-order valence-electron chi connectivity index (χ4n) is 2.32. The Morgan fingerprint density at radius 2 is 2.00 bits per heavy atom. The molecular formula is C14H19N3O3. The molecule has 2 amide bonds. The highest BCUT2D eigenvalue weighted by Gasteiger charge is 2.23. The molecule has 0 radical (unpaired) electrons. The highest BCUT2D eigenvalue weighted by Crippen LogP contribution is 2.10. The summed E-state index contributed by atoms with van der Waals surface area (Å²) in [5, 5.41) is 2.64. The average Bonchev–Trinajstić information content (AvgIpc) is 2.47. The Morgan fingerprint density at radius 3 is 2.65 bits per heavy atom. The van der Waals surface area contributed by atoms with Crippen molar-refractivity contribution in [2.45, 2.75) is 32.2 Å². The van der Waals surface area contributed by atoms with Crippen molar-refractivity contribution in [3.63, 3.8) is 0 Å². The second-order valence-corrected chi connectivity index (χ2v) is 5.02. The van der Waals surface area contributed by atoms with Gasteiger partial charge in [-0.05, 0) is 32.3 Å². The molecular weight excluding hydrogens is 258 g/mol. The Labute approximate surface area is 117 Å². The van der Waals surface area contributed by atoms with Crippen molar-refractivity contribution >= 4 is 11.8 Å². The predicted octanol–water partition coefficient (Wildman–Crippen LogP) is 0.506. The van der Waals surface area contributed by atoms with Crippen LogP contribution >= 0.6 is 0 Å². The SMILES string of the molecule is CC(NC(=O)c1cc[nH]c(=O)c1)C(=O)N1CCCCC1. The summed E-state index contributed by atoms with van der Waals surface area (Å²) in [5.74, 6) is -0.475. The van der Waals surface area contributed by atoms with Crippen molar-refractivity contribution < 1.29 is 9.59 Å². The molecule has 1 aromatic heterocycles. The molecule has 2 N–H and O–H groups in total. The first-order valence-corrected chi connectivity index (χ1v) is 6.86. The Kier molecular flexibility index (Phi) is 4.55. The number of nitrogens with one attached hydrogen (secondary N) is 2. The Bertz CT molecular complexity index is 547. The summed E-state index contributed by atoms with van der Waals surface area (Å²) in [6.45, 7) is 3.18. The fourth-order valence-corrected chi connectivity index (χ4v) is 2.32. The molecule has 0 bridgehead atoms. The molecule has 20 heavy (non-hydrogen) atoms. The number of aromatic amines is 1. The Morgan fingerprint density at radius 1 is 1.30 bits per heavy atom. The van der Waals surface area contributed by atoms with Crippen LogP contribution in [-0.4, -0.2) is 40.8 Å². The van der Waals surface area contributed by atoms with Gasteiger partial charge in [0.2, 0.25) is 11.5 Å². The molecule has 1 aliphatic heterocycles. The molecule has 6 nitrogen and oxygen atoms in total. The van der Waals surface area contributed by atoms with Gasteiger partial charge in [0, 0.05) is 30.9 Å². The maximum atomic E-state index is 12.2. The first kappa shape index (κ1) is 14.3. The molecule has 108 valence electrons.